The van der Waals surface area contributed by atoms with Crippen molar-refractivity contribution in [2.24, 2.45) is 5.10 Å². The monoisotopic (exact) mass is 266 g/mol. The minimum Gasteiger partial charge on any atom is -0.368 e. The quantitative estimate of drug-likeness (QED) is 0.850. The van der Waals surface area contributed by atoms with E-state index in [1.165, 1.54) is 17.0 Å². The first kappa shape index (κ1) is 12.6. The van der Waals surface area contributed by atoms with Crippen molar-refractivity contribution in [2.75, 3.05) is 5.73 Å². The molecule has 0 aliphatic rings. The van der Waals surface area contributed by atoms with Gasteiger partial charge in [0.15, 0.2) is 0 Å². The van der Waals surface area contributed by atoms with Crippen molar-refractivity contribution < 1.29 is 4.39 Å². The second-order valence-corrected chi connectivity index (χ2v) is 4.36. The summed E-state index contributed by atoms with van der Waals surface area (Å²) >= 11 is 5.93. The van der Waals surface area contributed by atoms with E-state index in [9.17, 15) is 4.39 Å². The summed E-state index contributed by atoms with van der Waals surface area (Å²) in [5.74, 6) is -0.0474. The standard InChI is InChI=1S/C12H12ClFN4/c1-7-3-9(10(13)4-11(7)14)5-16-18-6-8(2)17-12(18)15/h3-6H,1-2H3,(H2,15,17). The fourth-order valence-corrected chi connectivity index (χ4v) is 1.70. The molecule has 4 nitrogen and oxygen atoms in total. The zero-order chi connectivity index (χ0) is 13.3. The third kappa shape index (κ3) is 2.51. The summed E-state index contributed by atoms with van der Waals surface area (Å²) in [6.45, 7) is 3.48. The molecule has 2 rings (SSSR count). The van der Waals surface area contributed by atoms with Gasteiger partial charge in [0.2, 0.25) is 5.95 Å². The number of aromatic nitrogens is 2. The van der Waals surface area contributed by atoms with E-state index in [1.807, 2.05) is 6.92 Å². The first-order chi connectivity index (χ1) is 8.47. The Morgan fingerprint density at radius 2 is 2.17 bits per heavy atom. The van der Waals surface area contributed by atoms with Crippen LogP contribution in [0.3, 0.4) is 0 Å². The first-order valence-corrected chi connectivity index (χ1v) is 5.66. The Bertz CT molecular complexity index is 619. The van der Waals surface area contributed by atoms with Crippen molar-refractivity contribution in [3.05, 3.63) is 46.0 Å². The number of nitrogens with zero attached hydrogens (tertiary/aromatic N) is 3. The fraction of sp³-hybridized carbons (Fsp3) is 0.167. The molecule has 0 radical (unpaired) electrons. The van der Waals surface area contributed by atoms with E-state index in [2.05, 4.69) is 10.1 Å². The summed E-state index contributed by atoms with van der Waals surface area (Å²) in [4.78, 5) is 4.01. The van der Waals surface area contributed by atoms with Crippen LogP contribution in [0.25, 0.3) is 0 Å². The van der Waals surface area contributed by atoms with Gasteiger partial charge >= 0.3 is 0 Å². The number of aryl methyl sites for hydroxylation is 2. The largest absolute Gasteiger partial charge is 0.368 e. The van der Waals surface area contributed by atoms with E-state index >= 15 is 0 Å². The number of imidazole rings is 1. The van der Waals surface area contributed by atoms with Crippen molar-refractivity contribution in [1.29, 1.82) is 0 Å². The van der Waals surface area contributed by atoms with Crippen molar-refractivity contribution in [3.8, 4) is 0 Å². The van der Waals surface area contributed by atoms with E-state index in [1.54, 1.807) is 19.2 Å². The van der Waals surface area contributed by atoms with Gasteiger partial charge in [0, 0.05) is 5.56 Å². The van der Waals surface area contributed by atoms with Gasteiger partial charge in [-0.05, 0) is 31.5 Å². The Morgan fingerprint density at radius 3 is 2.78 bits per heavy atom. The summed E-state index contributed by atoms with van der Waals surface area (Å²) in [6.07, 6.45) is 3.21. The molecule has 2 aromatic rings. The molecule has 0 aliphatic heterocycles. The first-order valence-electron chi connectivity index (χ1n) is 5.29. The van der Waals surface area contributed by atoms with Crippen molar-refractivity contribution in [3.63, 3.8) is 0 Å². The van der Waals surface area contributed by atoms with Crippen LogP contribution in [0.5, 0.6) is 0 Å². The van der Waals surface area contributed by atoms with E-state index in [0.717, 1.165) is 5.69 Å². The number of benzene rings is 1. The molecule has 0 bridgehead atoms. The highest BCUT2D eigenvalue weighted by atomic mass is 35.5. The molecule has 0 amide bonds. The Hall–Kier alpha value is -1.88. The van der Waals surface area contributed by atoms with Gasteiger partial charge in [0.25, 0.3) is 0 Å². The molecule has 0 saturated heterocycles. The maximum atomic E-state index is 13.2. The number of nitrogen functional groups attached to an aromatic ring is 1. The summed E-state index contributed by atoms with van der Waals surface area (Å²) in [7, 11) is 0. The molecule has 18 heavy (non-hydrogen) atoms. The SMILES string of the molecule is Cc1cn(N=Cc2cc(C)c(F)cc2Cl)c(N)n1. The number of hydrogen-bond donors (Lipinski definition) is 1. The maximum absolute atomic E-state index is 13.2. The molecule has 0 aliphatic carbocycles. The number of halogens is 2. The second-order valence-electron chi connectivity index (χ2n) is 3.95. The second kappa shape index (κ2) is 4.78. The van der Waals surface area contributed by atoms with Crippen LogP contribution in [0.4, 0.5) is 10.3 Å². The Morgan fingerprint density at radius 1 is 1.44 bits per heavy atom. The third-order valence-corrected chi connectivity index (χ3v) is 2.76. The van der Waals surface area contributed by atoms with Crippen LogP contribution in [0.15, 0.2) is 23.4 Å². The van der Waals surface area contributed by atoms with Gasteiger partial charge in [-0.3, -0.25) is 0 Å². The van der Waals surface area contributed by atoms with Crippen molar-refractivity contribution in [2.45, 2.75) is 13.8 Å². The Kier molecular flexibility index (Phi) is 3.34. The van der Waals surface area contributed by atoms with E-state index in [-0.39, 0.29) is 5.82 Å². The predicted octanol–water partition coefficient (Wildman–Crippen LogP) is 2.76. The topological polar surface area (TPSA) is 56.2 Å². The molecule has 1 aromatic carbocycles. The molecule has 0 spiro atoms. The van der Waals surface area contributed by atoms with Crippen molar-refractivity contribution in [1.82, 2.24) is 9.66 Å². The number of anilines is 1. The Labute approximate surface area is 109 Å². The average Bonchev–Trinajstić information content (AvgIpc) is 2.61. The average molecular weight is 267 g/mol. The zero-order valence-electron chi connectivity index (χ0n) is 9.98. The summed E-state index contributed by atoms with van der Waals surface area (Å²) in [5.41, 5.74) is 7.55. The highest BCUT2D eigenvalue weighted by Crippen LogP contribution is 2.19. The lowest BCUT2D eigenvalue weighted by atomic mass is 10.1. The molecular formula is C12H12ClFN4. The number of rotatable bonds is 2. The van der Waals surface area contributed by atoms with Gasteiger partial charge in [0.1, 0.15) is 5.82 Å². The highest BCUT2D eigenvalue weighted by Gasteiger charge is 2.04. The molecule has 1 aromatic heterocycles. The van der Waals surface area contributed by atoms with Crippen LogP contribution >= 0.6 is 11.6 Å². The van der Waals surface area contributed by atoms with Crippen LogP contribution in [0, 0.1) is 19.7 Å². The van der Waals surface area contributed by atoms with Crippen molar-refractivity contribution >= 4 is 23.8 Å². The lowest BCUT2D eigenvalue weighted by molar-refractivity contribution is 0.618. The summed E-state index contributed by atoms with van der Waals surface area (Å²) in [6, 6.07) is 2.89. The number of hydrogen-bond acceptors (Lipinski definition) is 3. The highest BCUT2D eigenvalue weighted by molar-refractivity contribution is 6.33. The minimum atomic E-state index is -0.338. The van der Waals surface area contributed by atoms with Gasteiger partial charge < -0.3 is 5.73 Å². The van der Waals surface area contributed by atoms with Crippen LogP contribution in [0.1, 0.15) is 16.8 Å². The lowest BCUT2D eigenvalue weighted by Crippen LogP contribution is -1.97. The van der Waals surface area contributed by atoms with Gasteiger partial charge in [-0.15, -0.1) is 0 Å². The zero-order valence-corrected chi connectivity index (χ0v) is 10.7. The van der Waals surface area contributed by atoms with Crippen LogP contribution < -0.4 is 5.73 Å². The molecule has 6 heteroatoms. The van der Waals surface area contributed by atoms with E-state index < -0.39 is 0 Å². The van der Waals surface area contributed by atoms with Gasteiger partial charge in [-0.1, -0.05) is 11.6 Å². The summed E-state index contributed by atoms with van der Waals surface area (Å²) in [5, 5.41) is 4.43. The molecule has 0 atom stereocenters. The maximum Gasteiger partial charge on any atom is 0.221 e. The minimum absolute atomic E-state index is 0.290. The normalized spacial score (nSPS) is 11.3. The molecule has 0 saturated carbocycles. The van der Waals surface area contributed by atoms with Gasteiger partial charge in [0.05, 0.1) is 23.1 Å². The Balaban J connectivity index is 2.34. The molecule has 0 fully saturated rings. The molecule has 0 unspecified atom stereocenters. The smallest absolute Gasteiger partial charge is 0.221 e. The predicted molar refractivity (Wildman–Crippen MR) is 70.5 cm³/mol. The van der Waals surface area contributed by atoms with Crippen LogP contribution in [0.2, 0.25) is 5.02 Å². The fourth-order valence-electron chi connectivity index (χ4n) is 1.50. The van der Waals surface area contributed by atoms with Crippen LogP contribution in [-0.2, 0) is 0 Å². The lowest BCUT2D eigenvalue weighted by Gasteiger charge is -2.02. The molecule has 2 N–H and O–H groups in total. The number of nitrogens with two attached hydrogens (primary N) is 1. The van der Waals surface area contributed by atoms with Gasteiger partial charge in [-0.2, -0.15) is 5.10 Å². The molecular weight excluding hydrogens is 255 g/mol. The molecule has 1 heterocycles. The van der Waals surface area contributed by atoms with Gasteiger partial charge in [-0.25, -0.2) is 14.1 Å². The summed E-state index contributed by atoms with van der Waals surface area (Å²) < 4.78 is 14.7. The van der Waals surface area contributed by atoms with Crippen LogP contribution in [-0.4, -0.2) is 15.9 Å². The third-order valence-electron chi connectivity index (χ3n) is 2.43. The van der Waals surface area contributed by atoms with E-state index in [4.69, 9.17) is 17.3 Å². The molecule has 94 valence electrons. The van der Waals surface area contributed by atoms with E-state index in [0.29, 0.717) is 22.1 Å².